The molecule has 0 spiro atoms. The van der Waals surface area contributed by atoms with Gasteiger partial charge < -0.3 is 14.8 Å². The molecule has 1 N–H and O–H groups in total. The van der Waals surface area contributed by atoms with Gasteiger partial charge in [-0.05, 0) is 64.8 Å². The minimum Gasteiger partial charge on any atom is -0.490 e. The standard InChI is InChI=1S/C21H18BrClN2O4/c1-3-8-29-19-16(22)9-13(11-18(19)28-4-2)10-17-20(26)25(21(27)24-17)15-7-5-6-14(23)12-15/h3,5-7,9-12H,1,4,8H2,2H3,(H,24,27)/b17-10-. The first-order valence-corrected chi connectivity index (χ1v) is 9.94. The van der Waals surface area contributed by atoms with Crippen molar-refractivity contribution in [2.75, 3.05) is 18.1 Å². The summed E-state index contributed by atoms with van der Waals surface area (Å²) in [5, 5.41) is 3.03. The van der Waals surface area contributed by atoms with Gasteiger partial charge in [0.1, 0.15) is 12.3 Å². The molecule has 1 aliphatic heterocycles. The summed E-state index contributed by atoms with van der Waals surface area (Å²) < 4.78 is 12.0. The molecule has 0 aliphatic carbocycles. The lowest BCUT2D eigenvalue weighted by molar-refractivity contribution is -0.113. The van der Waals surface area contributed by atoms with Crippen LogP contribution in [0.25, 0.3) is 6.08 Å². The molecule has 2 aromatic rings. The fourth-order valence-corrected chi connectivity index (χ4v) is 3.53. The van der Waals surface area contributed by atoms with Crippen molar-refractivity contribution in [1.29, 1.82) is 0 Å². The Morgan fingerprint density at radius 3 is 2.72 bits per heavy atom. The van der Waals surface area contributed by atoms with Crippen molar-refractivity contribution in [2.24, 2.45) is 0 Å². The summed E-state index contributed by atoms with van der Waals surface area (Å²) in [5.41, 5.74) is 1.19. The molecule has 150 valence electrons. The zero-order valence-corrected chi connectivity index (χ0v) is 17.9. The van der Waals surface area contributed by atoms with Crippen LogP contribution >= 0.6 is 27.5 Å². The van der Waals surface area contributed by atoms with Crippen molar-refractivity contribution in [2.45, 2.75) is 6.92 Å². The summed E-state index contributed by atoms with van der Waals surface area (Å²) in [4.78, 5) is 26.2. The number of anilines is 1. The van der Waals surface area contributed by atoms with Crippen LogP contribution in [0.4, 0.5) is 10.5 Å². The lowest BCUT2D eigenvalue weighted by Gasteiger charge is -2.14. The molecule has 29 heavy (non-hydrogen) atoms. The largest absolute Gasteiger partial charge is 0.490 e. The number of ether oxygens (including phenoxy) is 2. The molecular weight excluding hydrogens is 460 g/mol. The summed E-state index contributed by atoms with van der Waals surface area (Å²) in [6.45, 7) is 6.26. The van der Waals surface area contributed by atoms with Crippen LogP contribution in [0, 0.1) is 0 Å². The molecule has 0 unspecified atom stereocenters. The molecule has 3 rings (SSSR count). The van der Waals surface area contributed by atoms with E-state index in [1.54, 1.807) is 48.6 Å². The second-order valence-corrected chi connectivity index (χ2v) is 7.26. The molecular formula is C21H18BrClN2O4. The zero-order valence-electron chi connectivity index (χ0n) is 15.6. The van der Waals surface area contributed by atoms with Crippen LogP contribution < -0.4 is 19.7 Å². The number of hydrogen-bond donors (Lipinski definition) is 1. The van der Waals surface area contributed by atoms with Crippen molar-refractivity contribution in [3.63, 3.8) is 0 Å². The second-order valence-electron chi connectivity index (χ2n) is 5.97. The van der Waals surface area contributed by atoms with Crippen LogP contribution in [0.3, 0.4) is 0 Å². The van der Waals surface area contributed by atoms with Crippen molar-refractivity contribution >= 4 is 51.2 Å². The number of amides is 3. The molecule has 3 amide bonds. The van der Waals surface area contributed by atoms with Gasteiger partial charge in [0.15, 0.2) is 11.5 Å². The highest BCUT2D eigenvalue weighted by molar-refractivity contribution is 9.10. The maximum atomic E-state index is 12.8. The van der Waals surface area contributed by atoms with E-state index in [4.69, 9.17) is 21.1 Å². The summed E-state index contributed by atoms with van der Waals surface area (Å²) >= 11 is 9.44. The molecule has 0 bridgehead atoms. The Bertz CT molecular complexity index is 1010. The number of nitrogens with one attached hydrogen (secondary N) is 1. The number of nitrogens with zero attached hydrogens (tertiary/aromatic N) is 1. The van der Waals surface area contributed by atoms with E-state index >= 15 is 0 Å². The van der Waals surface area contributed by atoms with Gasteiger partial charge in [-0.2, -0.15) is 0 Å². The third kappa shape index (κ3) is 4.63. The SMILES string of the molecule is C=CCOc1c(Br)cc(/C=C2\NC(=O)N(c3cccc(Cl)c3)C2=O)cc1OCC. The summed E-state index contributed by atoms with van der Waals surface area (Å²) in [7, 11) is 0. The van der Waals surface area contributed by atoms with E-state index in [0.717, 1.165) is 4.90 Å². The lowest BCUT2D eigenvalue weighted by atomic mass is 10.1. The summed E-state index contributed by atoms with van der Waals surface area (Å²) in [6, 6.07) is 9.50. The highest BCUT2D eigenvalue weighted by atomic mass is 79.9. The number of rotatable bonds is 7. The van der Waals surface area contributed by atoms with Crippen molar-refractivity contribution in [3.05, 3.63) is 69.8 Å². The van der Waals surface area contributed by atoms with Gasteiger partial charge in [0, 0.05) is 5.02 Å². The molecule has 1 aliphatic rings. The first kappa shape index (κ1) is 21.0. The van der Waals surface area contributed by atoms with Crippen molar-refractivity contribution < 1.29 is 19.1 Å². The van der Waals surface area contributed by atoms with Crippen LogP contribution in [0.1, 0.15) is 12.5 Å². The van der Waals surface area contributed by atoms with E-state index in [2.05, 4.69) is 27.8 Å². The zero-order chi connectivity index (χ0) is 21.0. The molecule has 0 aromatic heterocycles. The maximum Gasteiger partial charge on any atom is 0.333 e. The second kappa shape index (κ2) is 9.15. The number of imide groups is 1. The smallest absolute Gasteiger partial charge is 0.333 e. The quantitative estimate of drug-likeness (QED) is 0.340. The van der Waals surface area contributed by atoms with Gasteiger partial charge in [-0.3, -0.25) is 4.79 Å². The molecule has 0 radical (unpaired) electrons. The molecule has 8 heteroatoms. The maximum absolute atomic E-state index is 12.8. The molecule has 1 heterocycles. The highest BCUT2D eigenvalue weighted by Gasteiger charge is 2.35. The number of urea groups is 1. The van der Waals surface area contributed by atoms with Gasteiger partial charge >= 0.3 is 6.03 Å². The van der Waals surface area contributed by atoms with Gasteiger partial charge in [0.2, 0.25) is 0 Å². The Morgan fingerprint density at radius 2 is 2.03 bits per heavy atom. The number of hydrogen-bond acceptors (Lipinski definition) is 4. The van der Waals surface area contributed by atoms with Crippen molar-refractivity contribution in [1.82, 2.24) is 5.32 Å². The normalized spacial score (nSPS) is 14.9. The Hall–Kier alpha value is -2.77. The Kier molecular flexibility index (Phi) is 6.61. The monoisotopic (exact) mass is 476 g/mol. The predicted octanol–water partition coefficient (Wildman–Crippen LogP) is 5.16. The van der Waals surface area contributed by atoms with Gasteiger partial charge in [-0.1, -0.05) is 30.3 Å². The fraction of sp³-hybridized carbons (Fsp3) is 0.143. The van der Waals surface area contributed by atoms with Crippen molar-refractivity contribution in [3.8, 4) is 11.5 Å². The third-order valence-corrected chi connectivity index (χ3v) is 4.76. The van der Waals surface area contributed by atoms with E-state index in [9.17, 15) is 9.59 Å². The van der Waals surface area contributed by atoms with E-state index in [1.165, 1.54) is 0 Å². The van der Waals surface area contributed by atoms with Gasteiger partial charge in [0.05, 0.1) is 16.8 Å². The Balaban J connectivity index is 1.94. The van der Waals surface area contributed by atoms with Crippen LogP contribution in [0.15, 0.2) is 59.2 Å². The minimum atomic E-state index is -0.543. The number of halogens is 2. The first-order valence-electron chi connectivity index (χ1n) is 8.77. The van der Waals surface area contributed by atoms with Crippen LogP contribution in [0.5, 0.6) is 11.5 Å². The molecule has 2 aromatic carbocycles. The van der Waals surface area contributed by atoms with Crippen LogP contribution in [0.2, 0.25) is 5.02 Å². The average molecular weight is 478 g/mol. The van der Waals surface area contributed by atoms with Gasteiger partial charge in [-0.15, -0.1) is 0 Å². The average Bonchev–Trinajstić information content (AvgIpc) is 2.94. The molecule has 1 fully saturated rings. The summed E-state index contributed by atoms with van der Waals surface area (Å²) in [5.74, 6) is 0.577. The predicted molar refractivity (Wildman–Crippen MR) is 116 cm³/mol. The third-order valence-electron chi connectivity index (χ3n) is 3.93. The summed E-state index contributed by atoms with van der Waals surface area (Å²) in [6.07, 6.45) is 3.21. The van der Waals surface area contributed by atoms with E-state index in [0.29, 0.717) is 45.5 Å². The molecule has 1 saturated heterocycles. The van der Waals surface area contributed by atoms with E-state index in [-0.39, 0.29) is 5.70 Å². The van der Waals surface area contributed by atoms with Gasteiger partial charge in [0.25, 0.3) is 5.91 Å². The molecule has 0 saturated carbocycles. The van der Waals surface area contributed by atoms with Crippen LogP contribution in [-0.4, -0.2) is 25.2 Å². The first-order chi connectivity index (χ1) is 13.9. The topological polar surface area (TPSA) is 67.9 Å². The molecule has 0 atom stereocenters. The van der Waals surface area contributed by atoms with E-state index in [1.807, 2.05) is 6.92 Å². The Morgan fingerprint density at radius 1 is 1.24 bits per heavy atom. The van der Waals surface area contributed by atoms with E-state index < -0.39 is 11.9 Å². The lowest BCUT2D eigenvalue weighted by Crippen LogP contribution is -2.30. The van der Waals surface area contributed by atoms with Gasteiger partial charge in [-0.25, -0.2) is 9.69 Å². The number of benzene rings is 2. The number of carbonyl (C=O) groups is 2. The fourth-order valence-electron chi connectivity index (χ4n) is 2.77. The van der Waals surface area contributed by atoms with Crippen LogP contribution in [-0.2, 0) is 4.79 Å². The Labute approximate surface area is 181 Å². The highest BCUT2D eigenvalue weighted by Crippen LogP contribution is 2.38. The molecule has 6 nitrogen and oxygen atoms in total. The minimum absolute atomic E-state index is 0.143. The number of carbonyl (C=O) groups excluding carboxylic acids is 2.